The molecule has 1 heterocycles. The number of nitrogens with one attached hydrogen (secondary N) is 1. The van der Waals surface area contributed by atoms with Crippen LogP contribution < -0.4 is 14.8 Å². The van der Waals surface area contributed by atoms with Crippen molar-refractivity contribution in [1.29, 1.82) is 0 Å². The highest BCUT2D eigenvalue weighted by Gasteiger charge is 2.30. The maximum Gasteiger partial charge on any atom is 0.573 e. The van der Waals surface area contributed by atoms with Gasteiger partial charge in [0.05, 0.1) is 0 Å². The predicted molar refractivity (Wildman–Crippen MR) is 71.2 cm³/mol. The lowest BCUT2D eigenvalue weighted by Crippen LogP contribution is -2.16. The molecule has 0 bridgehead atoms. The van der Waals surface area contributed by atoms with Crippen LogP contribution in [0, 0.1) is 0 Å². The van der Waals surface area contributed by atoms with Gasteiger partial charge in [-0.3, -0.25) is 0 Å². The summed E-state index contributed by atoms with van der Waals surface area (Å²) < 4.78 is 45.3. The van der Waals surface area contributed by atoms with Crippen LogP contribution in [0.25, 0.3) is 0 Å². The Balaban J connectivity index is 1.94. The fourth-order valence-electron chi connectivity index (χ4n) is 1.61. The number of benzene rings is 1. The lowest BCUT2D eigenvalue weighted by Gasteiger charge is -2.10. The molecule has 0 aliphatic heterocycles. The monoisotopic (exact) mass is 298 g/mol. The number of hydrogen-bond acceptors (Lipinski definition) is 4. The highest BCUT2D eigenvalue weighted by Crippen LogP contribution is 2.25. The minimum absolute atomic E-state index is 0.281. The zero-order valence-electron chi connectivity index (χ0n) is 11.1. The van der Waals surface area contributed by atoms with Gasteiger partial charge in [0.1, 0.15) is 23.9 Å². The summed E-state index contributed by atoms with van der Waals surface area (Å²) in [5.74, 6) is 0.883. The van der Waals surface area contributed by atoms with Crippen LogP contribution in [0.2, 0.25) is 0 Å². The third kappa shape index (κ3) is 4.87. The molecule has 0 aliphatic carbocycles. The number of ether oxygens (including phenoxy) is 2. The summed E-state index contributed by atoms with van der Waals surface area (Å²) >= 11 is 0. The van der Waals surface area contributed by atoms with Gasteiger partial charge in [-0.2, -0.15) is 0 Å². The van der Waals surface area contributed by atoms with E-state index < -0.39 is 6.36 Å². The molecule has 0 atom stereocenters. The summed E-state index contributed by atoms with van der Waals surface area (Å²) in [4.78, 5) is 4.07. The van der Waals surface area contributed by atoms with Gasteiger partial charge in [-0.1, -0.05) is 0 Å². The average molecular weight is 298 g/mol. The summed E-state index contributed by atoms with van der Waals surface area (Å²) in [6.45, 7) is 0.288. The maximum absolute atomic E-state index is 12.0. The Labute approximate surface area is 119 Å². The van der Waals surface area contributed by atoms with Gasteiger partial charge in [0.15, 0.2) is 0 Å². The van der Waals surface area contributed by atoms with Crippen molar-refractivity contribution in [2.45, 2.75) is 13.0 Å². The molecule has 1 N–H and O–H groups in total. The van der Waals surface area contributed by atoms with E-state index in [0.717, 1.165) is 5.56 Å². The number of halogens is 3. The molecular formula is C14H13F3N2O2. The maximum atomic E-state index is 12.0. The van der Waals surface area contributed by atoms with Gasteiger partial charge in [0, 0.05) is 13.2 Å². The molecule has 0 unspecified atom stereocenters. The molecule has 0 aliphatic rings. The smallest absolute Gasteiger partial charge is 0.489 e. The lowest BCUT2D eigenvalue weighted by molar-refractivity contribution is -0.274. The van der Waals surface area contributed by atoms with Crippen molar-refractivity contribution in [2.24, 2.45) is 0 Å². The first-order valence-corrected chi connectivity index (χ1v) is 6.07. The molecule has 0 fully saturated rings. The molecule has 21 heavy (non-hydrogen) atoms. The molecule has 0 saturated carbocycles. The Kier molecular flexibility index (Phi) is 4.52. The second-order valence-electron chi connectivity index (χ2n) is 4.11. The van der Waals surface area contributed by atoms with Crippen LogP contribution in [-0.2, 0) is 6.61 Å². The second-order valence-corrected chi connectivity index (χ2v) is 4.11. The Morgan fingerprint density at radius 3 is 2.38 bits per heavy atom. The van der Waals surface area contributed by atoms with Crippen molar-refractivity contribution in [3.05, 3.63) is 48.2 Å². The Morgan fingerprint density at radius 1 is 1.10 bits per heavy atom. The summed E-state index contributed by atoms with van der Waals surface area (Å²) in [7, 11) is 1.76. The van der Waals surface area contributed by atoms with Crippen LogP contribution in [-0.4, -0.2) is 18.4 Å². The second kappa shape index (κ2) is 6.34. The van der Waals surface area contributed by atoms with E-state index in [4.69, 9.17) is 4.74 Å². The van der Waals surface area contributed by atoms with E-state index in [1.165, 1.54) is 24.3 Å². The normalized spacial score (nSPS) is 11.0. The van der Waals surface area contributed by atoms with Crippen molar-refractivity contribution >= 4 is 5.82 Å². The Bertz CT molecular complexity index is 586. The first kappa shape index (κ1) is 15.0. The molecule has 4 nitrogen and oxygen atoms in total. The predicted octanol–water partition coefficient (Wildman–Crippen LogP) is 3.60. The standard InChI is InChI=1S/C14H13F3N2O2/c1-18-13-8-10(6-7-19-13)9-20-11-2-4-12(5-3-11)21-14(15,16)17/h2-8H,9H2,1H3,(H,18,19). The van der Waals surface area contributed by atoms with E-state index >= 15 is 0 Å². The van der Waals surface area contributed by atoms with Gasteiger partial charge in [-0.25, -0.2) is 4.98 Å². The van der Waals surface area contributed by atoms with Gasteiger partial charge in [-0.15, -0.1) is 13.2 Å². The van der Waals surface area contributed by atoms with E-state index in [2.05, 4.69) is 15.0 Å². The highest BCUT2D eigenvalue weighted by atomic mass is 19.4. The number of anilines is 1. The van der Waals surface area contributed by atoms with E-state index in [0.29, 0.717) is 11.6 Å². The van der Waals surface area contributed by atoms with Gasteiger partial charge < -0.3 is 14.8 Å². The zero-order chi connectivity index (χ0) is 15.3. The molecule has 2 rings (SSSR count). The van der Waals surface area contributed by atoms with Crippen LogP contribution in [0.15, 0.2) is 42.6 Å². The van der Waals surface area contributed by atoms with Crippen molar-refractivity contribution in [1.82, 2.24) is 4.98 Å². The van der Waals surface area contributed by atoms with Crippen LogP contribution in [0.3, 0.4) is 0 Å². The van der Waals surface area contributed by atoms with Crippen molar-refractivity contribution < 1.29 is 22.6 Å². The van der Waals surface area contributed by atoms with Crippen molar-refractivity contribution in [3.8, 4) is 11.5 Å². The van der Waals surface area contributed by atoms with Crippen LogP contribution in [0.4, 0.5) is 19.0 Å². The quantitative estimate of drug-likeness (QED) is 0.916. The fraction of sp³-hybridized carbons (Fsp3) is 0.214. The largest absolute Gasteiger partial charge is 0.573 e. The number of aromatic nitrogens is 1. The Hall–Kier alpha value is -2.44. The average Bonchev–Trinajstić information content (AvgIpc) is 2.45. The molecule has 0 saturated heterocycles. The molecule has 112 valence electrons. The first-order chi connectivity index (χ1) is 9.96. The van der Waals surface area contributed by atoms with Crippen molar-refractivity contribution in [3.63, 3.8) is 0 Å². The molecule has 1 aromatic carbocycles. The molecule has 0 spiro atoms. The van der Waals surface area contributed by atoms with E-state index in [1.807, 2.05) is 6.07 Å². The molecule has 2 aromatic rings. The SMILES string of the molecule is CNc1cc(COc2ccc(OC(F)(F)F)cc2)ccn1. The van der Waals surface area contributed by atoms with Gasteiger partial charge in [0.25, 0.3) is 0 Å². The molecule has 7 heteroatoms. The van der Waals surface area contributed by atoms with Crippen molar-refractivity contribution in [2.75, 3.05) is 12.4 Å². The van der Waals surface area contributed by atoms with Gasteiger partial charge >= 0.3 is 6.36 Å². The number of rotatable bonds is 5. The number of hydrogen-bond donors (Lipinski definition) is 1. The van der Waals surface area contributed by atoms with Crippen LogP contribution in [0.1, 0.15) is 5.56 Å². The Morgan fingerprint density at radius 2 is 1.76 bits per heavy atom. The van der Waals surface area contributed by atoms with Crippen LogP contribution >= 0.6 is 0 Å². The lowest BCUT2D eigenvalue weighted by atomic mass is 10.2. The minimum Gasteiger partial charge on any atom is -0.489 e. The number of alkyl halides is 3. The zero-order valence-corrected chi connectivity index (χ0v) is 11.1. The molecule has 0 radical (unpaired) electrons. The first-order valence-electron chi connectivity index (χ1n) is 6.07. The summed E-state index contributed by atoms with van der Waals surface area (Å²) in [5.41, 5.74) is 0.893. The summed E-state index contributed by atoms with van der Waals surface area (Å²) in [6, 6.07) is 8.86. The molecule has 0 amide bonds. The fourth-order valence-corrected chi connectivity index (χ4v) is 1.61. The topological polar surface area (TPSA) is 43.4 Å². The number of nitrogens with zero attached hydrogens (tertiary/aromatic N) is 1. The third-order valence-electron chi connectivity index (χ3n) is 2.54. The third-order valence-corrected chi connectivity index (χ3v) is 2.54. The van der Waals surface area contributed by atoms with Gasteiger partial charge in [0.2, 0.25) is 0 Å². The van der Waals surface area contributed by atoms with Gasteiger partial charge in [-0.05, 0) is 42.0 Å². The van der Waals surface area contributed by atoms with Crippen LogP contribution in [0.5, 0.6) is 11.5 Å². The molecular weight excluding hydrogens is 285 g/mol. The summed E-state index contributed by atoms with van der Waals surface area (Å²) in [6.07, 6.45) is -3.05. The van der Waals surface area contributed by atoms with E-state index in [1.54, 1.807) is 19.3 Å². The van der Waals surface area contributed by atoms with E-state index in [-0.39, 0.29) is 12.4 Å². The highest BCUT2D eigenvalue weighted by molar-refractivity contribution is 5.37. The van der Waals surface area contributed by atoms with E-state index in [9.17, 15) is 13.2 Å². The molecule has 1 aromatic heterocycles. The minimum atomic E-state index is -4.69. The summed E-state index contributed by atoms with van der Waals surface area (Å²) in [5, 5.41) is 2.90. The number of pyridine rings is 1.